The van der Waals surface area contributed by atoms with E-state index in [0.29, 0.717) is 17.4 Å². The van der Waals surface area contributed by atoms with E-state index in [2.05, 4.69) is 15.3 Å². The fourth-order valence-electron chi connectivity index (χ4n) is 3.01. The number of carbonyl (C=O) groups excluding carboxylic acids is 2. The molecule has 0 saturated heterocycles. The van der Waals surface area contributed by atoms with Crippen molar-refractivity contribution in [3.05, 3.63) is 48.5 Å². The van der Waals surface area contributed by atoms with Crippen LogP contribution in [-0.4, -0.2) is 34.4 Å². The van der Waals surface area contributed by atoms with Gasteiger partial charge in [-0.1, -0.05) is 24.3 Å². The van der Waals surface area contributed by atoms with Gasteiger partial charge in [-0.05, 0) is 31.2 Å². The number of fused-ring (bicyclic) bond motifs is 2. The maximum atomic E-state index is 12.4. The van der Waals surface area contributed by atoms with E-state index in [4.69, 9.17) is 4.74 Å². The van der Waals surface area contributed by atoms with Crippen LogP contribution in [0.25, 0.3) is 11.0 Å². The van der Waals surface area contributed by atoms with Crippen molar-refractivity contribution in [2.75, 3.05) is 16.8 Å². The molecule has 0 radical (unpaired) electrons. The van der Waals surface area contributed by atoms with E-state index in [1.165, 1.54) is 0 Å². The quantitative estimate of drug-likeness (QED) is 0.757. The summed E-state index contributed by atoms with van der Waals surface area (Å²) in [4.78, 5) is 33.7. The molecule has 0 saturated carbocycles. The number of rotatable bonds is 4. The second-order valence-electron chi connectivity index (χ2n) is 6.12. The van der Waals surface area contributed by atoms with Crippen molar-refractivity contribution in [3.8, 4) is 5.75 Å². The van der Waals surface area contributed by atoms with Gasteiger partial charge in [0.15, 0.2) is 6.10 Å². The zero-order valence-electron chi connectivity index (χ0n) is 14.2. The number of hydrogen-bond acceptors (Lipinski definition) is 4. The molecule has 2 heterocycles. The molecule has 7 heteroatoms. The fraction of sp³-hybridized carbons (Fsp3) is 0.211. The third kappa shape index (κ3) is 2.99. The Morgan fingerprint density at radius 3 is 2.85 bits per heavy atom. The minimum atomic E-state index is -0.566. The highest BCUT2D eigenvalue weighted by molar-refractivity contribution is 6.00. The molecule has 1 aromatic heterocycles. The average molecular weight is 350 g/mol. The van der Waals surface area contributed by atoms with Gasteiger partial charge in [-0.15, -0.1) is 0 Å². The smallest absolute Gasteiger partial charge is 0.267 e. The van der Waals surface area contributed by atoms with Gasteiger partial charge in [0, 0.05) is 13.0 Å². The number of imidazole rings is 1. The Kier molecular flexibility index (Phi) is 4.04. The minimum Gasteiger partial charge on any atom is -0.479 e. The van der Waals surface area contributed by atoms with Crippen LogP contribution in [0.4, 0.5) is 11.6 Å². The van der Waals surface area contributed by atoms with Gasteiger partial charge in [0.25, 0.3) is 5.91 Å². The number of nitrogens with one attached hydrogen (secondary N) is 2. The van der Waals surface area contributed by atoms with Gasteiger partial charge >= 0.3 is 0 Å². The van der Waals surface area contributed by atoms with Gasteiger partial charge in [0.1, 0.15) is 5.75 Å². The highest BCUT2D eigenvalue weighted by Crippen LogP contribution is 2.33. The molecule has 2 amide bonds. The SMILES string of the molecule is CC1Oc2ccccc2N(CCC(=O)Nc2nc3ccccc3[nH]2)C1=O. The van der Waals surface area contributed by atoms with Crippen molar-refractivity contribution in [1.29, 1.82) is 0 Å². The largest absolute Gasteiger partial charge is 0.479 e. The predicted molar refractivity (Wildman–Crippen MR) is 98.2 cm³/mol. The van der Waals surface area contributed by atoms with Gasteiger partial charge in [0.05, 0.1) is 16.7 Å². The minimum absolute atomic E-state index is 0.153. The summed E-state index contributed by atoms with van der Waals surface area (Å²) >= 11 is 0. The zero-order chi connectivity index (χ0) is 18.1. The Labute approximate surface area is 150 Å². The first kappa shape index (κ1) is 16.1. The van der Waals surface area contributed by atoms with Crippen LogP contribution in [0.15, 0.2) is 48.5 Å². The Morgan fingerprint density at radius 1 is 1.23 bits per heavy atom. The van der Waals surface area contributed by atoms with Gasteiger partial charge in [-0.2, -0.15) is 0 Å². The summed E-state index contributed by atoms with van der Waals surface area (Å²) in [6, 6.07) is 14.9. The van der Waals surface area contributed by atoms with Crippen LogP contribution >= 0.6 is 0 Å². The Hall–Kier alpha value is -3.35. The molecular formula is C19H18N4O3. The zero-order valence-corrected chi connectivity index (χ0v) is 14.2. The molecule has 1 aliphatic rings. The lowest BCUT2D eigenvalue weighted by Gasteiger charge is -2.32. The summed E-state index contributed by atoms with van der Waals surface area (Å²) < 4.78 is 5.60. The normalized spacial score (nSPS) is 16.3. The molecule has 1 aliphatic heterocycles. The lowest BCUT2D eigenvalue weighted by atomic mass is 10.1. The second kappa shape index (κ2) is 6.51. The molecule has 3 aromatic rings. The lowest BCUT2D eigenvalue weighted by Crippen LogP contribution is -2.45. The van der Waals surface area contributed by atoms with Crippen LogP contribution in [0.5, 0.6) is 5.75 Å². The maximum Gasteiger partial charge on any atom is 0.267 e. The van der Waals surface area contributed by atoms with Crippen LogP contribution < -0.4 is 15.0 Å². The number of amides is 2. The number of hydrogen-bond donors (Lipinski definition) is 2. The highest BCUT2D eigenvalue weighted by atomic mass is 16.5. The number of carbonyl (C=O) groups is 2. The maximum absolute atomic E-state index is 12.4. The summed E-state index contributed by atoms with van der Waals surface area (Å²) in [5.41, 5.74) is 2.33. The van der Waals surface area contributed by atoms with E-state index < -0.39 is 6.10 Å². The molecular weight excluding hydrogens is 332 g/mol. The van der Waals surface area contributed by atoms with Crippen molar-refractivity contribution in [3.63, 3.8) is 0 Å². The Bertz CT molecular complexity index is 949. The molecule has 0 fully saturated rings. The van der Waals surface area contributed by atoms with Crippen molar-refractivity contribution in [2.45, 2.75) is 19.4 Å². The van der Waals surface area contributed by atoms with E-state index in [1.807, 2.05) is 48.5 Å². The molecule has 26 heavy (non-hydrogen) atoms. The molecule has 0 aliphatic carbocycles. The van der Waals surface area contributed by atoms with E-state index >= 15 is 0 Å². The number of ether oxygens (including phenoxy) is 1. The molecule has 0 spiro atoms. The highest BCUT2D eigenvalue weighted by Gasteiger charge is 2.31. The first-order valence-corrected chi connectivity index (χ1v) is 8.43. The fourth-order valence-corrected chi connectivity index (χ4v) is 3.01. The van der Waals surface area contributed by atoms with E-state index in [9.17, 15) is 9.59 Å². The number of benzene rings is 2. The Balaban J connectivity index is 1.44. The molecule has 4 rings (SSSR count). The van der Waals surface area contributed by atoms with Crippen molar-refractivity contribution in [1.82, 2.24) is 9.97 Å². The van der Waals surface area contributed by atoms with E-state index in [0.717, 1.165) is 11.0 Å². The summed E-state index contributed by atoms with van der Waals surface area (Å²) in [5.74, 6) is 0.685. The summed E-state index contributed by atoms with van der Waals surface area (Å²) in [5, 5.41) is 2.75. The van der Waals surface area contributed by atoms with Crippen LogP contribution in [-0.2, 0) is 9.59 Å². The second-order valence-corrected chi connectivity index (χ2v) is 6.12. The molecule has 1 atom stereocenters. The van der Waals surface area contributed by atoms with Gasteiger partial charge in [-0.25, -0.2) is 4.98 Å². The van der Waals surface area contributed by atoms with Crippen molar-refractivity contribution < 1.29 is 14.3 Å². The van der Waals surface area contributed by atoms with Gasteiger partial charge < -0.3 is 14.6 Å². The van der Waals surface area contributed by atoms with Gasteiger partial charge in [0.2, 0.25) is 11.9 Å². The number of para-hydroxylation sites is 4. The van der Waals surface area contributed by atoms with Crippen molar-refractivity contribution in [2.24, 2.45) is 0 Å². The average Bonchev–Trinajstić information content (AvgIpc) is 3.04. The summed E-state index contributed by atoms with van der Waals surface area (Å²) in [6.07, 6.45) is -0.410. The van der Waals surface area contributed by atoms with Crippen LogP contribution in [0.1, 0.15) is 13.3 Å². The number of aromatic amines is 1. The summed E-state index contributed by atoms with van der Waals surface area (Å²) in [7, 11) is 0. The lowest BCUT2D eigenvalue weighted by molar-refractivity contribution is -0.125. The molecule has 2 N–H and O–H groups in total. The first-order chi connectivity index (χ1) is 12.6. The topological polar surface area (TPSA) is 87.3 Å². The Morgan fingerprint density at radius 2 is 2.00 bits per heavy atom. The van der Waals surface area contributed by atoms with E-state index in [-0.39, 0.29) is 24.8 Å². The monoisotopic (exact) mass is 350 g/mol. The first-order valence-electron chi connectivity index (χ1n) is 8.43. The molecule has 1 unspecified atom stereocenters. The van der Waals surface area contributed by atoms with Gasteiger partial charge in [-0.3, -0.25) is 14.9 Å². The standard InChI is InChI=1S/C19H18N4O3/c1-12-18(25)23(15-8-4-5-9-16(15)26-12)11-10-17(24)22-19-20-13-6-2-3-7-14(13)21-19/h2-9,12H,10-11H2,1H3,(H2,20,21,22,24). The predicted octanol–water partition coefficient (Wildman–Crippen LogP) is 2.71. The summed E-state index contributed by atoms with van der Waals surface area (Å²) in [6.45, 7) is 1.98. The number of nitrogens with zero attached hydrogens (tertiary/aromatic N) is 2. The third-order valence-electron chi connectivity index (χ3n) is 4.28. The van der Waals surface area contributed by atoms with Crippen LogP contribution in [0, 0.1) is 0 Å². The molecule has 132 valence electrons. The van der Waals surface area contributed by atoms with Crippen LogP contribution in [0.2, 0.25) is 0 Å². The van der Waals surface area contributed by atoms with E-state index in [1.54, 1.807) is 11.8 Å². The van der Waals surface area contributed by atoms with Crippen molar-refractivity contribution >= 4 is 34.5 Å². The molecule has 7 nitrogen and oxygen atoms in total. The third-order valence-corrected chi connectivity index (χ3v) is 4.28. The number of H-pyrrole nitrogens is 1. The molecule has 0 bridgehead atoms. The molecule has 2 aromatic carbocycles. The van der Waals surface area contributed by atoms with Crippen LogP contribution in [0.3, 0.4) is 0 Å². The number of aromatic nitrogens is 2. The number of anilines is 2.